The van der Waals surface area contributed by atoms with Crippen LogP contribution in [0.1, 0.15) is 58.3 Å². The Hall–Kier alpha value is -0.0800. The van der Waals surface area contributed by atoms with Gasteiger partial charge in [0.15, 0.2) is 0 Å². The molecule has 1 aliphatic rings. The highest BCUT2D eigenvalue weighted by Crippen LogP contribution is 2.34. The molecule has 1 saturated carbocycles. The maximum atomic E-state index is 8.65. The van der Waals surface area contributed by atoms with Gasteiger partial charge in [0.25, 0.3) is 0 Å². The first-order chi connectivity index (χ1) is 7.38. The molecule has 1 aliphatic carbocycles. The van der Waals surface area contributed by atoms with E-state index in [0.29, 0.717) is 6.61 Å². The summed E-state index contributed by atoms with van der Waals surface area (Å²) < 4.78 is 0. The van der Waals surface area contributed by atoms with E-state index in [2.05, 4.69) is 12.2 Å². The third kappa shape index (κ3) is 6.16. The van der Waals surface area contributed by atoms with Crippen molar-refractivity contribution in [3.8, 4) is 0 Å². The molecular formula is C13H27NO. The minimum absolute atomic E-state index is 0.355. The van der Waals surface area contributed by atoms with E-state index >= 15 is 0 Å². The lowest BCUT2D eigenvalue weighted by Crippen LogP contribution is -2.31. The predicted molar refractivity (Wildman–Crippen MR) is 65.0 cm³/mol. The summed E-state index contributed by atoms with van der Waals surface area (Å²) >= 11 is 0. The Balaban J connectivity index is 1.92. The zero-order valence-electron chi connectivity index (χ0n) is 10.2. The van der Waals surface area contributed by atoms with Crippen molar-refractivity contribution in [2.45, 2.75) is 64.3 Å². The molecule has 0 aromatic carbocycles. The molecule has 0 bridgehead atoms. The van der Waals surface area contributed by atoms with Gasteiger partial charge in [0.05, 0.1) is 0 Å². The zero-order valence-corrected chi connectivity index (χ0v) is 10.2. The molecule has 0 aromatic rings. The molecule has 1 rings (SSSR count). The third-order valence-corrected chi connectivity index (χ3v) is 3.28. The highest BCUT2D eigenvalue weighted by atomic mass is 16.2. The van der Waals surface area contributed by atoms with E-state index in [0.717, 1.165) is 18.4 Å². The molecule has 1 unspecified atom stereocenters. The number of nitrogens with one attached hydrogen (secondary N) is 1. The van der Waals surface area contributed by atoms with Crippen LogP contribution >= 0.6 is 0 Å². The number of unbranched alkanes of at least 4 members (excludes halogenated alkanes) is 3. The topological polar surface area (TPSA) is 32.3 Å². The lowest BCUT2D eigenvalue weighted by atomic mass is 10.1. The monoisotopic (exact) mass is 213 g/mol. The molecule has 90 valence electrons. The van der Waals surface area contributed by atoms with Crippen molar-refractivity contribution in [1.29, 1.82) is 0 Å². The number of rotatable bonds is 10. The molecule has 0 aliphatic heterocycles. The van der Waals surface area contributed by atoms with E-state index < -0.39 is 0 Å². The average Bonchev–Trinajstić information content (AvgIpc) is 3.05. The van der Waals surface area contributed by atoms with Crippen LogP contribution in [0, 0.1) is 5.92 Å². The Kier molecular flexibility index (Phi) is 7.03. The van der Waals surface area contributed by atoms with E-state index in [4.69, 9.17) is 5.11 Å². The molecule has 2 N–H and O–H groups in total. The lowest BCUT2D eigenvalue weighted by Gasteiger charge is -2.17. The highest BCUT2D eigenvalue weighted by Gasteiger charge is 2.29. The van der Waals surface area contributed by atoms with Crippen molar-refractivity contribution in [2.75, 3.05) is 13.2 Å². The van der Waals surface area contributed by atoms with Crippen LogP contribution in [0.25, 0.3) is 0 Å². The van der Waals surface area contributed by atoms with Gasteiger partial charge in [-0.05, 0) is 44.6 Å². The van der Waals surface area contributed by atoms with Gasteiger partial charge in [0.1, 0.15) is 0 Å². The van der Waals surface area contributed by atoms with Crippen LogP contribution < -0.4 is 5.32 Å². The number of hydrogen-bond acceptors (Lipinski definition) is 2. The van der Waals surface area contributed by atoms with Gasteiger partial charge in [-0.2, -0.15) is 0 Å². The molecule has 2 heteroatoms. The predicted octanol–water partition coefficient (Wildman–Crippen LogP) is 2.71. The molecule has 1 fully saturated rings. The maximum Gasteiger partial charge on any atom is 0.0431 e. The Morgan fingerprint density at radius 1 is 1.20 bits per heavy atom. The van der Waals surface area contributed by atoms with Crippen LogP contribution in [-0.2, 0) is 0 Å². The Bertz CT molecular complexity index is 145. The van der Waals surface area contributed by atoms with Crippen LogP contribution in [0.15, 0.2) is 0 Å². The Morgan fingerprint density at radius 3 is 2.53 bits per heavy atom. The van der Waals surface area contributed by atoms with Gasteiger partial charge in [-0.25, -0.2) is 0 Å². The largest absolute Gasteiger partial charge is 0.396 e. The molecule has 0 aromatic heterocycles. The highest BCUT2D eigenvalue weighted by molar-refractivity contribution is 4.85. The van der Waals surface area contributed by atoms with Gasteiger partial charge in [-0.1, -0.05) is 26.2 Å². The van der Waals surface area contributed by atoms with Crippen molar-refractivity contribution >= 4 is 0 Å². The van der Waals surface area contributed by atoms with Crippen LogP contribution in [0.2, 0.25) is 0 Å². The van der Waals surface area contributed by atoms with Crippen molar-refractivity contribution in [3.05, 3.63) is 0 Å². The second-order valence-electron chi connectivity index (χ2n) is 4.82. The van der Waals surface area contributed by atoms with Crippen LogP contribution in [-0.4, -0.2) is 24.3 Å². The summed E-state index contributed by atoms with van der Waals surface area (Å²) in [5.74, 6) is 0.988. The molecule has 0 saturated heterocycles. The first-order valence-corrected chi connectivity index (χ1v) is 6.72. The molecule has 2 nitrogen and oxygen atoms in total. The molecule has 0 amide bonds. The van der Waals surface area contributed by atoms with Crippen molar-refractivity contribution < 1.29 is 5.11 Å². The zero-order chi connectivity index (χ0) is 10.9. The van der Waals surface area contributed by atoms with Gasteiger partial charge < -0.3 is 10.4 Å². The Labute approximate surface area is 94.5 Å². The Morgan fingerprint density at radius 2 is 1.93 bits per heavy atom. The molecule has 1 atom stereocenters. The molecular weight excluding hydrogens is 186 g/mol. The molecule has 0 spiro atoms. The minimum Gasteiger partial charge on any atom is -0.396 e. The molecule has 15 heavy (non-hydrogen) atoms. The van der Waals surface area contributed by atoms with Gasteiger partial charge in [0.2, 0.25) is 0 Å². The number of aliphatic hydroxyl groups is 1. The number of hydrogen-bond donors (Lipinski definition) is 2. The number of aliphatic hydroxyl groups excluding tert-OH is 1. The summed E-state index contributed by atoms with van der Waals surface area (Å²) in [4.78, 5) is 0. The van der Waals surface area contributed by atoms with E-state index in [1.54, 1.807) is 0 Å². The standard InChI is InChI=1S/C13H27NO/c1-2-7-13(12-8-9-12)14-10-5-3-4-6-11-15/h12-15H,2-11H2,1H3. The van der Waals surface area contributed by atoms with Crippen molar-refractivity contribution in [3.63, 3.8) is 0 Å². The summed E-state index contributed by atoms with van der Waals surface area (Å²) in [6.45, 7) is 3.80. The second kappa shape index (κ2) is 8.12. The quantitative estimate of drug-likeness (QED) is 0.547. The van der Waals surface area contributed by atoms with E-state index in [1.807, 2.05) is 0 Å². The maximum absolute atomic E-state index is 8.65. The van der Waals surface area contributed by atoms with Crippen molar-refractivity contribution in [2.24, 2.45) is 5.92 Å². The smallest absolute Gasteiger partial charge is 0.0431 e. The minimum atomic E-state index is 0.355. The van der Waals surface area contributed by atoms with E-state index in [-0.39, 0.29) is 0 Å². The fraction of sp³-hybridized carbons (Fsp3) is 1.00. The lowest BCUT2D eigenvalue weighted by molar-refractivity contribution is 0.282. The van der Waals surface area contributed by atoms with E-state index in [1.165, 1.54) is 51.5 Å². The fourth-order valence-corrected chi connectivity index (χ4v) is 2.19. The van der Waals surface area contributed by atoms with E-state index in [9.17, 15) is 0 Å². The third-order valence-electron chi connectivity index (χ3n) is 3.28. The summed E-state index contributed by atoms with van der Waals surface area (Å²) in [6, 6.07) is 0.799. The normalized spacial score (nSPS) is 18.0. The van der Waals surface area contributed by atoms with Gasteiger partial charge in [0, 0.05) is 12.6 Å². The molecule has 0 radical (unpaired) electrons. The average molecular weight is 213 g/mol. The summed E-state index contributed by atoms with van der Waals surface area (Å²) in [6.07, 6.45) is 10.2. The van der Waals surface area contributed by atoms with Gasteiger partial charge in [-0.3, -0.25) is 0 Å². The summed E-state index contributed by atoms with van der Waals surface area (Å²) in [5, 5.41) is 12.3. The van der Waals surface area contributed by atoms with Crippen LogP contribution in [0.5, 0.6) is 0 Å². The van der Waals surface area contributed by atoms with Crippen LogP contribution in [0.3, 0.4) is 0 Å². The summed E-state index contributed by atoms with van der Waals surface area (Å²) in [7, 11) is 0. The fourth-order valence-electron chi connectivity index (χ4n) is 2.19. The van der Waals surface area contributed by atoms with Gasteiger partial charge in [-0.15, -0.1) is 0 Å². The first-order valence-electron chi connectivity index (χ1n) is 6.72. The van der Waals surface area contributed by atoms with Crippen molar-refractivity contribution in [1.82, 2.24) is 5.32 Å². The SMILES string of the molecule is CCCC(NCCCCCCO)C1CC1. The van der Waals surface area contributed by atoms with Gasteiger partial charge >= 0.3 is 0 Å². The second-order valence-corrected chi connectivity index (χ2v) is 4.82. The van der Waals surface area contributed by atoms with Crippen LogP contribution in [0.4, 0.5) is 0 Å². The first kappa shape index (κ1) is 13.0. The summed E-state index contributed by atoms with van der Waals surface area (Å²) in [5.41, 5.74) is 0. The molecule has 0 heterocycles.